The van der Waals surface area contributed by atoms with Crippen molar-refractivity contribution in [1.82, 2.24) is 0 Å². The fourth-order valence-corrected chi connectivity index (χ4v) is 2.20. The molecule has 2 aromatic carbocycles. The van der Waals surface area contributed by atoms with Crippen LogP contribution in [0.5, 0.6) is 0 Å². The second-order valence-corrected chi connectivity index (χ2v) is 4.98. The molecule has 5 heteroatoms. The molecule has 0 saturated carbocycles. The van der Waals surface area contributed by atoms with Gasteiger partial charge in [0.1, 0.15) is 0 Å². The highest BCUT2D eigenvalue weighted by Gasteiger charge is 2.10. The zero-order chi connectivity index (χ0) is 15.4. The highest BCUT2D eigenvalue weighted by molar-refractivity contribution is 6.31. The van der Waals surface area contributed by atoms with Crippen LogP contribution < -0.4 is 5.32 Å². The maximum atomic E-state index is 12.2. The van der Waals surface area contributed by atoms with Crippen molar-refractivity contribution in [2.45, 2.75) is 6.92 Å². The Hall–Kier alpha value is -2.33. The predicted molar refractivity (Wildman–Crippen MR) is 81.9 cm³/mol. The van der Waals surface area contributed by atoms with E-state index < -0.39 is 5.97 Å². The lowest BCUT2D eigenvalue weighted by Crippen LogP contribution is -2.12. The van der Waals surface area contributed by atoms with Crippen molar-refractivity contribution in [3.63, 3.8) is 0 Å². The Morgan fingerprint density at radius 3 is 2.52 bits per heavy atom. The Bertz CT molecular complexity index is 677. The van der Waals surface area contributed by atoms with Crippen molar-refractivity contribution in [1.29, 1.82) is 0 Å². The van der Waals surface area contributed by atoms with Crippen LogP contribution >= 0.6 is 11.6 Å². The largest absolute Gasteiger partial charge is 0.465 e. The average molecular weight is 304 g/mol. The minimum Gasteiger partial charge on any atom is -0.465 e. The van der Waals surface area contributed by atoms with Crippen molar-refractivity contribution in [2.75, 3.05) is 12.4 Å². The molecule has 0 spiro atoms. The van der Waals surface area contributed by atoms with Gasteiger partial charge in [-0.1, -0.05) is 17.7 Å². The predicted octanol–water partition coefficient (Wildman–Crippen LogP) is 3.69. The number of methoxy groups -OCH3 is 1. The minimum absolute atomic E-state index is 0.289. The van der Waals surface area contributed by atoms with Crippen LogP contribution in [0.25, 0.3) is 0 Å². The van der Waals surface area contributed by atoms with Crippen LogP contribution in [0.3, 0.4) is 0 Å². The van der Waals surface area contributed by atoms with Crippen molar-refractivity contribution in [2.24, 2.45) is 0 Å². The van der Waals surface area contributed by atoms with Gasteiger partial charge >= 0.3 is 5.97 Å². The van der Waals surface area contributed by atoms with Crippen LogP contribution in [0.1, 0.15) is 26.3 Å². The molecule has 1 N–H and O–H groups in total. The number of carbonyl (C=O) groups excluding carboxylic acids is 2. The van der Waals surface area contributed by atoms with Gasteiger partial charge in [0.05, 0.1) is 12.7 Å². The van der Waals surface area contributed by atoms with Gasteiger partial charge in [-0.3, -0.25) is 4.79 Å². The molecule has 0 unspecified atom stereocenters. The highest BCUT2D eigenvalue weighted by atomic mass is 35.5. The topological polar surface area (TPSA) is 55.4 Å². The first kappa shape index (κ1) is 15.1. The molecule has 0 radical (unpaired) electrons. The third kappa shape index (κ3) is 3.83. The first-order valence-corrected chi connectivity index (χ1v) is 6.64. The molecule has 0 atom stereocenters. The Morgan fingerprint density at radius 1 is 1.10 bits per heavy atom. The molecule has 0 aliphatic heterocycles. The molecule has 0 heterocycles. The van der Waals surface area contributed by atoms with E-state index in [9.17, 15) is 9.59 Å². The molecule has 0 aliphatic rings. The zero-order valence-electron chi connectivity index (χ0n) is 11.6. The molecule has 0 bridgehead atoms. The SMILES string of the molecule is COC(=O)c1cccc(NC(=O)c2cc(C)cc(Cl)c2)c1. The first-order valence-electron chi connectivity index (χ1n) is 6.26. The number of halogens is 1. The van der Waals surface area contributed by atoms with Gasteiger partial charge in [-0.2, -0.15) is 0 Å². The molecular weight excluding hydrogens is 290 g/mol. The molecule has 2 aromatic rings. The number of aryl methyl sites for hydroxylation is 1. The lowest BCUT2D eigenvalue weighted by Gasteiger charge is -2.08. The van der Waals surface area contributed by atoms with Gasteiger partial charge < -0.3 is 10.1 Å². The molecule has 0 aromatic heterocycles. The number of carbonyl (C=O) groups is 2. The summed E-state index contributed by atoms with van der Waals surface area (Å²) in [5.74, 6) is -0.743. The number of rotatable bonds is 3. The molecule has 2 rings (SSSR count). The van der Waals surface area contributed by atoms with Gasteiger partial charge in [0, 0.05) is 16.3 Å². The maximum Gasteiger partial charge on any atom is 0.337 e. The average Bonchev–Trinajstić information content (AvgIpc) is 2.45. The minimum atomic E-state index is -0.454. The van der Waals surface area contributed by atoms with Crippen LogP contribution in [0.15, 0.2) is 42.5 Å². The molecule has 4 nitrogen and oxygen atoms in total. The van der Waals surface area contributed by atoms with E-state index in [-0.39, 0.29) is 5.91 Å². The lowest BCUT2D eigenvalue weighted by molar-refractivity contribution is 0.0600. The number of hydrogen-bond acceptors (Lipinski definition) is 3. The number of benzene rings is 2. The third-order valence-electron chi connectivity index (χ3n) is 2.85. The standard InChI is InChI=1S/C16H14ClNO3/c1-10-6-12(8-13(17)7-10)15(19)18-14-5-3-4-11(9-14)16(20)21-2/h3-9H,1-2H3,(H,18,19). The van der Waals surface area contributed by atoms with Crippen LogP contribution in [0.4, 0.5) is 5.69 Å². The summed E-state index contributed by atoms with van der Waals surface area (Å²) in [5.41, 5.74) is 2.25. The van der Waals surface area contributed by atoms with E-state index in [1.807, 2.05) is 6.92 Å². The highest BCUT2D eigenvalue weighted by Crippen LogP contribution is 2.17. The molecule has 0 aliphatic carbocycles. The summed E-state index contributed by atoms with van der Waals surface area (Å²) in [5, 5.41) is 3.23. The fraction of sp³-hybridized carbons (Fsp3) is 0.125. The molecule has 0 saturated heterocycles. The van der Waals surface area contributed by atoms with Gasteiger partial charge in [0.15, 0.2) is 0 Å². The van der Waals surface area contributed by atoms with E-state index in [4.69, 9.17) is 11.6 Å². The molecule has 108 valence electrons. The third-order valence-corrected chi connectivity index (χ3v) is 3.06. The summed E-state index contributed by atoms with van der Waals surface area (Å²) in [7, 11) is 1.31. The summed E-state index contributed by atoms with van der Waals surface area (Å²) in [6.45, 7) is 1.86. The van der Waals surface area contributed by atoms with Crippen molar-refractivity contribution < 1.29 is 14.3 Å². The normalized spacial score (nSPS) is 10.0. The van der Waals surface area contributed by atoms with E-state index >= 15 is 0 Å². The van der Waals surface area contributed by atoms with E-state index in [1.54, 1.807) is 42.5 Å². The number of hydrogen-bond donors (Lipinski definition) is 1. The summed E-state index contributed by atoms with van der Waals surface area (Å²) >= 11 is 5.94. The van der Waals surface area contributed by atoms with E-state index in [1.165, 1.54) is 7.11 Å². The zero-order valence-corrected chi connectivity index (χ0v) is 12.4. The summed E-state index contributed by atoms with van der Waals surface area (Å²) in [6, 6.07) is 11.6. The van der Waals surface area contributed by atoms with Gasteiger partial charge in [0.25, 0.3) is 5.91 Å². The van der Waals surface area contributed by atoms with Crippen molar-refractivity contribution in [3.8, 4) is 0 Å². The molecule has 1 amide bonds. The lowest BCUT2D eigenvalue weighted by atomic mass is 10.1. The van der Waals surface area contributed by atoms with Crippen LogP contribution in [0.2, 0.25) is 5.02 Å². The van der Waals surface area contributed by atoms with Gasteiger partial charge in [-0.15, -0.1) is 0 Å². The quantitative estimate of drug-likeness (QED) is 0.880. The summed E-state index contributed by atoms with van der Waals surface area (Å²) in [4.78, 5) is 23.6. The Balaban J connectivity index is 2.21. The van der Waals surface area contributed by atoms with Gasteiger partial charge in [-0.05, 0) is 48.9 Å². The van der Waals surface area contributed by atoms with E-state index in [0.717, 1.165) is 5.56 Å². The number of nitrogens with one attached hydrogen (secondary N) is 1. The Morgan fingerprint density at radius 2 is 1.86 bits per heavy atom. The van der Waals surface area contributed by atoms with Crippen LogP contribution in [0, 0.1) is 6.92 Å². The number of anilines is 1. The van der Waals surface area contributed by atoms with E-state index in [2.05, 4.69) is 10.1 Å². The number of amides is 1. The number of ether oxygens (including phenoxy) is 1. The number of esters is 1. The fourth-order valence-electron chi connectivity index (χ4n) is 1.91. The Labute approximate surface area is 127 Å². The summed E-state index contributed by atoms with van der Waals surface area (Å²) in [6.07, 6.45) is 0. The molecular formula is C16H14ClNO3. The van der Waals surface area contributed by atoms with Crippen LogP contribution in [-0.4, -0.2) is 19.0 Å². The van der Waals surface area contributed by atoms with Gasteiger partial charge in [0.2, 0.25) is 0 Å². The van der Waals surface area contributed by atoms with Crippen molar-refractivity contribution in [3.05, 3.63) is 64.2 Å². The second-order valence-electron chi connectivity index (χ2n) is 4.54. The smallest absolute Gasteiger partial charge is 0.337 e. The second kappa shape index (κ2) is 6.41. The monoisotopic (exact) mass is 303 g/mol. The molecule has 21 heavy (non-hydrogen) atoms. The van der Waals surface area contributed by atoms with Gasteiger partial charge in [-0.25, -0.2) is 4.79 Å². The maximum absolute atomic E-state index is 12.2. The summed E-state index contributed by atoms with van der Waals surface area (Å²) < 4.78 is 4.64. The van der Waals surface area contributed by atoms with Crippen molar-refractivity contribution >= 4 is 29.2 Å². The molecule has 0 fully saturated rings. The Kier molecular flexibility index (Phi) is 4.60. The first-order chi connectivity index (χ1) is 9.99. The van der Waals surface area contributed by atoms with Crippen LogP contribution in [-0.2, 0) is 4.74 Å². The van der Waals surface area contributed by atoms with E-state index in [0.29, 0.717) is 21.8 Å².